The second kappa shape index (κ2) is 11.5. The molecule has 0 unspecified atom stereocenters. The SMILES string of the molecule is N#Cc1ccc2c(c1)c1ccccc1n2-c1cnc2c(c1)C1(c3ccccc3Oc3ccccc31)c1cc(-n3c4ccc(C#N)cc4c4cc(C#N)ccc43)cnc1-2. The smallest absolute Gasteiger partial charge is 0.132 e. The van der Waals surface area contributed by atoms with E-state index in [0.29, 0.717) is 16.7 Å². The van der Waals surface area contributed by atoms with E-state index < -0.39 is 5.41 Å². The zero-order valence-corrected chi connectivity index (χ0v) is 30.5. The van der Waals surface area contributed by atoms with Crippen molar-refractivity contribution >= 4 is 43.6 Å². The third-order valence-corrected chi connectivity index (χ3v) is 11.9. The zero-order chi connectivity index (χ0) is 38.7. The molecule has 0 amide bonds. The van der Waals surface area contributed by atoms with Gasteiger partial charge in [-0.3, -0.25) is 9.97 Å². The van der Waals surface area contributed by atoms with Gasteiger partial charge in [0.1, 0.15) is 11.5 Å². The maximum atomic E-state index is 9.84. The first kappa shape index (κ1) is 31.8. The quantitative estimate of drug-likeness (QED) is 0.174. The van der Waals surface area contributed by atoms with Crippen LogP contribution in [0.3, 0.4) is 0 Å². The van der Waals surface area contributed by atoms with Crippen LogP contribution < -0.4 is 4.74 Å². The molecule has 266 valence electrons. The van der Waals surface area contributed by atoms with E-state index in [2.05, 4.69) is 75.9 Å². The molecular formula is C50H25N7O. The largest absolute Gasteiger partial charge is 0.457 e. The van der Waals surface area contributed by atoms with E-state index in [0.717, 1.165) is 100 Å². The number of hydrogen-bond acceptors (Lipinski definition) is 6. The van der Waals surface area contributed by atoms with Crippen LogP contribution in [0.4, 0.5) is 0 Å². The number of nitrogens with zero attached hydrogens (tertiary/aromatic N) is 7. The Morgan fingerprint density at radius 2 is 0.845 bits per heavy atom. The first-order chi connectivity index (χ1) is 28.6. The van der Waals surface area contributed by atoms with Gasteiger partial charge in [0.05, 0.1) is 97.5 Å². The summed E-state index contributed by atoms with van der Waals surface area (Å²) in [5, 5.41) is 33.3. The molecule has 1 aliphatic carbocycles. The second-order valence-electron chi connectivity index (χ2n) is 14.7. The number of rotatable bonds is 2. The molecule has 1 spiro atoms. The minimum absolute atomic E-state index is 0.543. The average molecular weight is 740 g/mol. The van der Waals surface area contributed by atoms with Gasteiger partial charge in [-0.05, 0) is 84.9 Å². The molecule has 10 aromatic rings. The van der Waals surface area contributed by atoms with Crippen LogP contribution in [-0.2, 0) is 5.41 Å². The minimum atomic E-state index is -0.879. The van der Waals surface area contributed by atoms with E-state index in [9.17, 15) is 15.8 Å². The predicted octanol–water partition coefficient (Wildman–Crippen LogP) is 10.8. The van der Waals surface area contributed by atoms with Gasteiger partial charge in [-0.25, -0.2) is 0 Å². The number of nitriles is 3. The van der Waals surface area contributed by atoms with Crippen LogP contribution in [0.5, 0.6) is 11.5 Å². The molecule has 0 N–H and O–H groups in total. The highest BCUT2D eigenvalue weighted by Crippen LogP contribution is 2.61. The summed E-state index contributed by atoms with van der Waals surface area (Å²) in [4.78, 5) is 10.6. The molecule has 58 heavy (non-hydrogen) atoms. The highest BCUT2D eigenvalue weighted by molar-refractivity contribution is 6.11. The molecule has 6 aromatic carbocycles. The van der Waals surface area contributed by atoms with Crippen molar-refractivity contribution in [1.82, 2.24) is 19.1 Å². The number of fused-ring (bicyclic) bond motifs is 15. The Hall–Kier alpha value is -8.51. The second-order valence-corrected chi connectivity index (χ2v) is 14.7. The molecule has 0 fully saturated rings. The summed E-state index contributed by atoms with van der Waals surface area (Å²) in [5.74, 6) is 1.50. The average Bonchev–Trinajstić information content (AvgIpc) is 3.89. The Labute approximate surface area is 330 Å². The van der Waals surface area contributed by atoms with Gasteiger partial charge in [0.2, 0.25) is 0 Å². The molecule has 8 heteroatoms. The van der Waals surface area contributed by atoms with Gasteiger partial charge >= 0.3 is 0 Å². The van der Waals surface area contributed by atoms with Crippen molar-refractivity contribution < 1.29 is 4.74 Å². The Bertz CT molecular complexity index is 3490. The Morgan fingerprint density at radius 1 is 0.431 bits per heavy atom. The summed E-state index contributed by atoms with van der Waals surface area (Å²) < 4.78 is 11.1. The standard InChI is InChI=1S/C50H25N7O/c51-24-29-13-16-43-35(19-29)34-7-1-4-10-42(34)56(43)32-22-40-48(54-27-32)49-41(50(40)38-8-2-5-11-46(38)58-47-12-6-3-9-39(47)50)23-33(28-55-49)57-44-17-14-30(25-52)20-36(44)37-21-31(26-53)15-18-45(37)57/h1-23,27-28H. The molecule has 12 rings (SSSR count). The van der Waals surface area contributed by atoms with E-state index in [1.165, 1.54) is 0 Å². The van der Waals surface area contributed by atoms with E-state index in [4.69, 9.17) is 14.7 Å². The molecular weight excluding hydrogens is 715 g/mol. The molecule has 0 saturated carbocycles. The summed E-state index contributed by atoms with van der Waals surface area (Å²) >= 11 is 0. The fourth-order valence-corrected chi connectivity index (χ4v) is 9.58. The summed E-state index contributed by atoms with van der Waals surface area (Å²) in [7, 11) is 0. The maximum Gasteiger partial charge on any atom is 0.132 e. The van der Waals surface area contributed by atoms with Crippen LogP contribution in [0.25, 0.3) is 66.4 Å². The summed E-state index contributed by atoms with van der Waals surface area (Å²) in [5.41, 5.74) is 11.8. The van der Waals surface area contributed by atoms with Crippen LogP contribution in [0.1, 0.15) is 38.9 Å². The van der Waals surface area contributed by atoms with Crippen LogP contribution >= 0.6 is 0 Å². The summed E-state index contributed by atoms with van der Waals surface area (Å²) in [6, 6.07) is 53.2. The first-order valence-electron chi connectivity index (χ1n) is 18.8. The van der Waals surface area contributed by atoms with Gasteiger partial charge in [-0.2, -0.15) is 15.8 Å². The Balaban J connectivity index is 1.18. The Morgan fingerprint density at radius 3 is 1.33 bits per heavy atom. The van der Waals surface area contributed by atoms with E-state index in [1.807, 2.05) is 103 Å². The fourth-order valence-electron chi connectivity index (χ4n) is 9.58. The molecule has 4 aromatic heterocycles. The van der Waals surface area contributed by atoms with Gasteiger partial charge in [-0.1, -0.05) is 54.6 Å². The van der Waals surface area contributed by atoms with E-state index in [1.54, 1.807) is 0 Å². The fraction of sp³-hybridized carbons (Fsp3) is 0.0200. The van der Waals surface area contributed by atoms with Crippen LogP contribution in [0.15, 0.2) is 152 Å². The molecule has 1 aliphatic heterocycles. The zero-order valence-electron chi connectivity index (χ0n) is 30.5. The third kappa shape index (κ3) is 4.04. The number of para-hydroxylation sites is 3. The van der Waals surface area contributed by atoms with Crippen molar-refractivity contribution in [2.45, 2.75) is 5.41 Å². The highest BCUT2D eigenvalue weighted by Gasteiger charge is 2.53. The van der Waals surface area contributed by atoms with Gasteiger partial charge < -0.3 is 13.9 Å². The minimum Gasteiger partial charge on any atom is -0.457 e. The number of hydrogen-bond donors (Lipinski definition) is 0. The predicted molar refractivity (Wildman–Crippen MR) is 222 cm³/mol. The van der Waals surface area contributed by atoms with E-state index in [-0.39, 0.29) is 0 Å². The number of pyridine rings is 2. The van der Waals surface area contributed by atoms with Crippen LogP contribution in [0, 0.1) is 34.0 Å². The lowest BCUT2D eigenvalue weighted by atomic mass is 9.66. The first-order valence-corrected chi connectivity index (χ1v) is 18.8. The molecule has 8 nitrogen and oxygen atoms in total. The maximum absolute atomic E-state index is 9.84. The third-order valence-electron chi connectivity index (χ3n) is 11.9. The highest BCUT2D eigenvalue weighted by atomic mass is 16.5. The van der Waals surface area contributed by atoms with Gasteiger partial charge in [0, 0.05) is 43.8 Å². The van der Waals surface area contributed by atoms with Gasteiger partial charge in [0.15, 0.2) is 0 Å². The van der Waals surface area contributed by atoms with Gasteiger partial charge in [0.25, 0.3) is 0 Å². The summed E-state index contributed by atoms with van der Waals surface area (Å²) in [6.45, 7) is 0. The Kier molecular flexibility index (Phi) is 6.31. The van der Waals surface area contributed by atoms with Crippen LogP contribution in [0.2, 0.25) is 0 Å². The molecule has 0 radical (unpaired) electrons. The molecule has 5 heterocycles. The van der Waals surface area contributed by atoms with E-state index >= 15 is 0 Å². The van der Waals surface area contributed by atoms with Crippen molar-refractivity contribution in [2.24, 2.45) is 0 Å². The lowest BCUT2D eigenvalue weighted by Gasteiger charge is -2.39. The van der Waals surface area contributed by atoms with Crippen molar-refractivity contribution in [2.75, 3.05) is 0 Å². The number of ether oxygens (including phenoxy) is 1. The van der Waals surface area contributed by atoms with Crippen molar-refractivity contribution in [3.05, 3.63) is 191 Å². The van der Waals surface area contributed by atoms with Crippen molar-refractivity contribution in [3.63, 3.8) is 0 Å². The summed E-state index contributed by atoms with van der Waals surface area (Å²) in [6.07, 6.45) is 3.81. The van der Waals surface area contributed by atoms with Crippen molar-refractivity contribution in [3.8, 4) is 52.5 Å². The normalized spacial score (nSPS) is 13.1. The molecule has 0 saturated heterocycles. The topological polar surface area (TPSA) is 116 Å². The lowest BCUT2D eigenvalue weighted by molar-refractivity contribution is 0.436. The molecule has 0 bridgehead atoms. The van der Waals surface area contributed by atoms with Crippen molar-refractivity contribution in [1.29, 1.82) is 15.8 Å². The number of benzene rings is 6. The van der Waals surface area contributed by atoms with Crippen LogP contribution in [-0.4, -0.2) is 19.1 Å². The van der Waals surface area contributed by atoms with Gasteiger partial charge in [-0.15, -0.1) is 0 Å². The lowest BCUT2D eigenvalue weighted by Crippen LogP contribution is -2.32. The molecule has 2 aliphatic rings. The molecule has 0 atom stereocenters. The monoisotopic (exact) mass is 739 g/mol. The number of aromatic nitrogens is 4.